The summed E-state index contributed by atoms with van der Waals surface area (Å²) in [5, 5.41) is 3.53. The number of nitrogens with two attached hydrogens (primary N) is 1. The zero-order valence-corrected chi connectivity index (χ0v) is 8.07. The van der Waals surface area contributed by atoms with Gasteiger partial charge in [-0.2, -0.15) is 5.10 Å². The highest BCUT2D eigenvalue weighted by Crippen LogP contribution is 2.07. The molecule has 0 spiro atoms. The number of hydrogen-bond donors (Lipinski definition) is 1. The van der Waals surface area contributed by atoms with Gasteiger partial charge in [-0.15, -0.1) is 0 Å². The summed E-state index contributed by atoms with van der Waals surface area (Å²) in [5.41, 5.74) is 2.32. The highest BCUT2D eigenvalue weighted by atomic mass is 15.1. The molecule has 0 aliphatic heterocycles. The zero-order valence-electron chi connectivity index (χ0n) is 8.07. The topological polar surface area (TPSA) is 41.6 Å². The van der Waals surface area contributed by atoms with Crippen LogP contribution in [0.4, 0.5) is 0 Å². The molecule has 0 saturated carbocycles. The molecule has 0 aliphatic rings. The average molecular weight is 177 g/mol. The van der Waals surface area contributed by atoms with Gasteiger partial charge in [0.05, 0.1) is 6.21 Å². The van der Waals surface area contributed by atoms with Crippen LogP contribution in [0.25, 0.3) is 0 Å². The summed E-state index contributed by atoms with van der Waals surface area (Å²) in [6, 6.07) is 8.09. The van der Waals surface area contributed by atoms with Gasteiger partial charge >= 0.3 is 0 Å². The summed E-state index contributed by atoms with van der Waals surface area (Å²) in [6.45, 7) is 0.905. The van der Waals surface area contributed by atoms with Gasteiger partial charge in [0.2, 0.25) is 0 Å². The minimum Gasteiger partial charge on any atom is -0.323 e. The monoisotopic (exact) mass is 177 g/mol. The van der Waals surface area contributed by atoms with Gasteiger partial charge in [-0.05, 0) is 25.2 Å². The van der Waals surface area contributed by atoms with Crippen LogP contribution in [0.15, 0.2) is 29.4 Å². The fraction of sp³-hybridized carbons (Fsp3) is 0.300. The maximum absolute atomic E-state index is 5.12. The van der Waals surface area contributed by atoms with Crippen molar-refractivity contribution in [1.29, 1.82) is 0 Å². The van der Waals surface area contributed by atoms with E-state index in [1.807, 2.05) is 32.3 Å². The molecule has 70 valence electrons. The van der Waals surface area contributed by atoms with Crippen molar-refractivity contribution in [3.05, 3.63) is 35.4 Å². The molecule has 0 aromatic heterocycles. The SMILES string of the molecule is CN(C)Cc1ccccc1C=NN. The van der Waals surface area contributed by atoms with E-state index in [4.69, 9.17) is 5.84 Å². The number of nitrogens with zero attached hydrogens (tertiary/aromatic N) is 2. The fourth-order valence-electron chi connectivity index (χ4n) is 1.23. The lowest BCUT2D eigenvalue weighted by atomic mass is 10.1. The summed E-state index contributed by atoms with van der Waals surface area (Å²) in [4.78, 5) is 2.11. The van der Waals surface area contributed by atoms with E-state index < -0.39 is 0 Å². The second-order valence-electron chi connectivity index (χ2n) is 3.21. The maximum atomic E-state index is 5.12. The molecular formula is C10H15N3. The first-order valence-corrected chi connectivity index (χ1v) is 4.20. The Hall–Kier alpha value is -1.35. The molecule has 0 atom stereocenters. The van der Waals surface area contributed by atoms with Crippen molar-refractivity contribution < 1.29 is 0 Å². The van der Waals surface area contributed by atoms with Crippen LogP contribution in [-0.4, -0.2) is 25.2 Å². The van der Waals surface area contributed by atoms with Crippen molar-refractivity contribution in [1.82, 2.24) is 4.90 Å². The molecule has 13 heavy (non-hydrogen) atoms. The van der Waals surface area contributed by atoms with E-state index in [9.17, 15) is 0 Å². The summed E-state index contributed by atoms with van der Waals surface area (Å²) < 4.78 is 0. The molecule has 2 N–H and O–H groups in total. The molecule has 1 aromatic rings. The van der Waals surface area contributed by atoms with Crippen molar-refractivity contribution in [2.45, 2.75) is 6.54 Å². The lowest BCUT2D eigenvalue weighted by molar-refractivity contribution is 0.402. The van der Waals surface area contributed by atoms with Crippen LogP contribution in [0.3, 0.4) is 0 Å². The van der Waals surface area contributed by atoms with Gasteiger partial charge in [-0.25, -0.2) is 0 Å². The van der Waals surface area contributed by atoms with E-state index in [2.05, 4.69) is 16.1 Å². The summed E-state index contributed by atoms with van der Waals surface area (Å²) in [6.07, 6.45) is 1.68. The average Bonchev–Trinajstić information content (AvgIpc) is 2.08. The highest BCUT2D eigenvalue weighted by molar-refractivity contribution is 5.81. The minimum atomic E-state index is 0.905. The van der Waals surface area contributed by atoms with Gasteiger partial charge in [0.25, 0.3) is 0 Å². The van der Waals surface area contributed by atoms with Crippen molar-refractivity contribution in [3.8, 4) is 0 Å². The third-order valence-electron chi connectivity index (χ3n) is 1.76. The lowest BCUT2D eigenvalue weighted by Gasteiger charge is -2.11. The van der Waals surface area contributed by atoms with Crippen molar-refractivity contribution >= 4 is 6.21 Å². The number of rotatable bonds is 3. The molecule has 0 heterocycles. The van der Waals surface area contributed by atoms with E-state index in [0.29, 0.717) is 0 Å². The van der Waals surface area contributed by atoms with Crippen LogP contribution in [0.1, 0.15) is 11.1 Å². The van der Waals surface area contributed by atoms with Crippen LogP contribution >= 0.6 is 0 Å². The first-order chi connectivity index (χ1) is 6.24. The number of hydrazone groups is 1. The molecule has 1 aromatic carbocycles. The summed E-state index contributed by atoms with van der Waals surface area (Å²) in [5.74, 6) is 5.12. The van der Waals surface area contributed by atoms with Gasteiger partial charge in [-0.1, -0.05) is 24.3 Å². The van der Waals surface area contributed by atoms with E-state index in [1.165, 1.54) is 5.56 Å². The second kappa shape index (κ2) is 4.62. The summed E-state index contributed by atoms with van der Waals surface area (Å²) >= 11 is 0. The van der Waals surface area contributed by atoms with Gasteiger partial charge in [0.15, 0.2) is 0 Å². The van der Waals surface area contributed by atoms with Crippen LogP contribution < -0.4 is 5.84 Å². The Labute approximate surface area is 78.9 Å². The van der Waals surface area contributed by atoms with Gasteiger partial charge in [0, 0.05) is 6.54 Å². The van der Waals surface area contributed by atoms with Crippen LogP contribution in [0.5, 0.6) is 0 Å². The van der Waals surface area contributed by atoms with E-state index in [1.54, 1.807) is 6.21 Å². The Kier molecular flexibility index (Phi) is 3.46. The second-order valence-corrected chi connectivity index (χ2v) is 3.21. The number of hydrogen-bond acceptors (Lipinski definition) is 3. The van der Waals surface area contributed by atoms with Crippen LogP contribution in [-0.2, 0) is 6.54 Å². The molecule has 0 bridgehead atoms. The zero-order chi connectivity index (χ0) is 9.68. The molecule has 3 nitrogen and oxygen atoms in total. The molecule has 0 fully saturated rings. The summed E-state index contributed by atoms with van der Waals surface area (Å²) in [7, 11) is 4.08. The molecule has 3 heteroatoms. The van der Waals surface area contributed by atoms with Crippen molar-refractivity contribution in [2.24, 2.45) is 10.9 Å². The normalized spacial score (nSPS) is 11.3. The van der Waals surface area contributed by atoms with Gasteiger partial charge in [0.1, 0.15) is 0 Å². The molecule has 0 aliphatic carbocycles. The Balaban J connectivity index is 2.90. The maximum Gasteiger partial charge on any atom is 0.0541 e. The minimum absolute atomic E-state index is 0.905. The predicted molar refractivity (Wildman–Crippen MR) is 55.6 cm³/mol. The molecule has 0 amide bonds. The largest absolute Gasteiger partial charge is 0.323 e. The molecule has 1 rings (SSSR count). The Morgan fingerprint density at radius 1 is 1.38 bits per heavy atom. The van der Waals surface area contributed by atoms with Gasteiger partial charge < -0.3 is 10.7 Å². The smallest absolute Gasteiger partial charge is 0.0541 e. The quantitative estimate of drug-likeness (QED) is 0.426. The Morgan fingerprint density at radius 2 is 2.08 bits per heavy atom. The lowest BCUT2D eigenvalue weighted by Crippen LogP contribution is -2.12. The van der Waals surface area contributed by atoms with E-state index in [-0.39, 0.29) is 0 Å². The Morgan fingerprint density at radius 3 is 2.69 bits per heavy atom. The standard InChI is InChI=1S/C10H15N3/c1-13(2)8-10-6-4-3-5-9(10)7-12-11/h3-7H,8,11H2,1-2H3. The third kappa shape index (κ3) is 2.87. The van der Waals surface area contributed by atoms with Crippen LogP contribution in [0.2, 0.25) is 0 Å². The third-order valence-corrected chi connectivity index (χ3v) is 1.76. The molecule has 0 saturated heterocycles. The molecule has 0 radical (unpaired) electrons. The first-order valence-electron chi connectivity index (χ1n) is 4.20. The highest BCUT2D eigenvalue weighted by Gasteiger charge is 1.99. The van der Waals surface area contributed by atoms with E-state index in [0.717, 1.165) is 12.1 Å². The van der Waals surface area contributed by atoms with E-state index >= 15 is 0 Å². The van der Waals surface area contributed by atoms with Crippen LogP contribution in [0, 0.1) is 0 Å². The van der Waals surface area contributed by atoms with Crippen molar-refractivity contribution in [3.63, 3.8) is 0 Å². The number of benzene rings is 1. The molecular weight excluding hydrogens is 162 g/mol. The van der Waals surface area contributed by atoms with Gasteiger partial charge in [-0.3, -0.25) is 0 Å². The predicted octanol–water partition coefficient (Wildman–Crippen LogP) is 1.04. The first kappa shape index (κ1) is 9.74. The molecule has 0 unspecified atom stereocenters. The Bertz CT molecular complexity index is 292. The fourth-order valence-corrected chi connectivity index (χ4v) is 1.23. The van der Waals surface area contributed by atoms with Crippen molar-refractivity contribution in [2.75, 3.05) is 14.1 Å².